The van der Waals surface area contributed by atoms with Gasteiger partial charge < -0.3 is 44.2 Å². The average molecular weight is 1020 g/mol. The Bertz CT molecular complexity index is 2930. The number of nitrogens with two attached hydrogens (primary N) is 1. The van der Waals surface area contributed by atoms with E-state index in [1.807, 2.05) is 66.1 Å². The maximum Gasteiger partial charge on any atom is 0.511 e. The first-order chi connectivity index (χ1) is 35.5. The molecule has 2 aliphatic rings. The van der Waals surface area contributed by atoms with E-state index in [0.717, 1.165) is 54.4 Å². The number of aromatic nitrogens is 6. The molecule has 1 fully saturated rings. The van der Waals surface area contributed by atoms with Gasteiger partial charge in [0.15, 0.2) is 0 Å². The van der Waals surface area contributed by atoms with E-state index in [2.05, 4.69) is 30.9 Å². The van der Waals surface area contributed by atoms with Gasteiger partial charge in [0, 0.05) is 29.8 Å². The number of nitrogens with zero attached hydrogens (tertiary/aromatic N) is 5. The van der Waals surface area contributed by atoms with Crippen LogP contribution in [-0.4, -0.2) is 107 Å². The number of allylic oxidation sites excluding steroid dienone is 1. The van der Waals surface area contributed by atoms with Gasteiger partial charge in [0.05, 0.1) is 79.4 Å². The second-order valence-electron chi connectivity index (χ2n) is 16.8. The number of carbonyl (C=O) groups is 4. The zero-order valence-corrected chi connectivity index (χ0v) is 42.1. The van der Waals surface area contributed by atoms with Crippen molar-refractivity contribution in [3.05, 3.63) is 135 Å². The second kappa shape index (κ2) is 25.7. The Labute approximate surface area is 427 Å². The summed E-state index contributed by atoms with van der Waals surface area (Å²) < 4.78 is 39.7. The molecule has 0 radical (unpaired) electrons. The third-order valence-electron chi connectivity index (χ3n) is 12.0. The van der Waals surface area contributed by atoms with Gasteiger partial charge in [-0.2, -0.15) is 10.2 Å². The van der Waals surface area contributed by atoms with Crippen LogP contribution in [0.2, 0.25) is 5.02 Å². The van der Waals surface area contributed by atoms with Crippen LogP contribution < -0.4 is 15.8 Å². The van der Waals surface area contributed by atoms with Gasteiger partial charge in [-0.05, 0) is 92.1 Å². The Morgan fingerprint density at radius 3 is 2.27 bits per heavy atom. The topological polar surface area (TPSA) is 243 Å². The van der Waals surface area contributed by atoms with E-state index < -0.39 is 36.3 Å². The lowest BCUT2D eigenvalue weighted by Crippen LogP contribution is -2.35. The van der Waals surface area contributed by atoms with Crippen LogP contribution in [0.5, 0.6) is 6.01 Å². The Kier molecular flexibility index (Phi) is 18.7. The number of tetrazole rings is 1. The summed E-state index contributed by atoms with van der Waals surface area (Å²) in [5.41, 5.74) is 12.9. The summed E-state index contributed by atoms with van der Waals surface area (Å²) >= 11 is 6.42. The molecule has 2 unspecified atom stereocenters. The molecule has 1 saturated carbocycles. The second-order valence-corrected chi connectivity index (χ2v) is 17.3. The number of fused-ring (bicyclic) bond motifs is 1. The smallest absolute Gasteiger partial charge is 0.466 e. The summed E-state index contributed by atoms with van der Waals surface area (Å²) in [5.74, 6) is -2.01. The molecule has 6 aromatic rings. The number of aromatic amines is 1. The molecule has 2 aromatic heterocycles. The van der Waals surface area contributed by atoms with Crippen LogP contribution in [0.4, 0.5) is 4.79 Å². The zero-order chi connectivity index (χ0) is 51.9. The zero-order valence-electron chi connectivity index (χ0n) is 41.4. The van der Waals surface area contributed by atoms with Crippen molar-refractivity contribution in [3.8, 4) is 28.5 Å². The summed E-state index contributed by atoms with van der Waals surface area (Å²) in [7, 11) is 1.29. The van der Waals surface area contributed by atoms with E-state index in [4.69, 9.17) is 50.5 Å². The fourth-order valence-electron chi connectivity index (χ4n) is 8.73. The van der Waals surface area contributed by atoms with Crippen molar-refractivity contribution in [2.75, 3.05) is 40.1 Å². The Morgan fingerprint density at radius 2 is 1.59 bits per heavy atom. The molecule has 384 valence electrons. The van der Waals surface area contributed by atoms with Crippen molar-refractivity contribution in [3.63, 3.8) is 0 Å². The van der Waals surface area contributed by atoms with Crippen molar-refractivity contribution in [1.82, 2.24) is 35.5 Å². The highest BCUT2D eigenvalue weighted by molar-refractivity contribution is 6.31. The van der Waals surface area contributed by atoms with Crippen LogP contribution in [0, 0.1) is 0 Å². The fourth-order valence-corrected chi connectivity index (χ4v) is 8.98. The number of para-hydroxylation sites is 1. The Morgan fingerprint density at radius 1 is 0.849 bits per heavy atom. The normalized spacial score (nSPS) is 15.1. The minimum Gasteiger partial charge on any atom is -0.466 e. The highest BCUT2D eigenvalue weighted by Crippen LogP contribution is 2.42. The molecule has 19 nitrogen and oxygen atoms in total. The molecule has 0 spiro atoms. The van der Waals surface area contributed by atoms with Crippen molar-refractivity contribution in [2.24, 2.45) is 5.73 Å². The summed E-state index contributed by atoms with van der Waals surface area (Å²) in [6, 6.07) is 28.5. The number of hydrogen-bond acceptors (Lipinski definition) is 17. The highest BCUT2D eigenvalue weighted by atomic mass is 35.5. The quantitative estimate of drug-likeness (QED) is 0.0316. The number of H-pyrrole nitrogens is 1. The molecule has 73 heavy (non-hydrogen) atoms. The number of halogens is 1. The largest absolute Gasteiger partial charge is 0.511 e. The van der Waals surface area contributed by atoms with Crippen molar-refractivity contribution < 1.29 is 52.3 Å². The third-order valence-corrected chi connectivity index (χ3v) is 12.3. The van der Waals surface area contributed by atoms with Gasteiger partial charge >= 0.3 is 24.1 Å². The Balaban J connectivity index is 0.000000240. The number of rotatable bonds is 18. The van der Waals surface area contributed by atoms with Crippen molar-refractivity contribution in [2.45, 2.75) is 84.7 Å². The molecular formula is C53H59ClN8O11. The van der Waals surface area contributed by atoms with Gasteiger partial charge in [0.1, 0.15) is 6.10 Å². The fraction of sp³-hybridized carbons (Fsp3) is 0.358. The van der Waals surface area contributed by atoms with Crippen LogP contribution in [0.15, 0.2) is 114 Å². The van der Waals surface area contributed by atoms with E-state index in [1.54, 1.807) is 50.2 Å². The number of methoxy groups -OCH3 is 1. The predicted octanol–water partition coefficient (Wildman–Crippen LogP) is 8.59. The lowest BCUT2D eigenvalue weighted by molar-refractivity contribution is -0.139. The maximum absolute atomic E-state index is 13.4. The summed E-state index contributed by atoms with van der Waals surface area (Å²) in [4.78, 5) is 55.8. The molecule has 0 bridgehead atoms. The number of dihydropyridines is 1. The first-order valence-corrected chi connectivity index (χ1v) is 24.4. The molecule has 4 N–H and O–H groups in total. The number of imidazole rings is 1. The molecule has 8 rings (SSSR count). The molecular weight excluding hydrogens is 960 g/mol. The van der Waals surface area contributed by atoms with E-state index in [1.165, 1.54) is 14.0 Å². The summed E-state index contributed by atoms with van der Waals surface area (Å²) in [6.45, 7) is 8.55. The van der Waals surface area contributed by atoms with Gasteiger partial charge in [0.25, 0.3) is 6.01 Å². The molecule has 4 aromatic carbocycles. The van der Waals surface area contributed by atoms with Gasteiger partial charge in [-0.25, -0.2) is 19.2 Å². The molecule has 1 aliphatic carbocycles. The van der Waals surface area contributed by atoms with Crippen molar-refractivity contribution in [1.29, 1.82) is 0 Å². The Hall–Kier alpha value is -7.61. The molecule has 0 saturated heterocycles. The number of ether oxygens (including phenoxy) is 7. The lowest BCUT2D eigenvalue weighted by Gasteiger charge is -2.31. The number of hydrogen-bond donors (Lipinski definition) is 3. The van der Waals surface area contributed by atoms with Gasteiger partial charge in [0.2, 0.25) is 12.1 Å². The monoisotopic (exact) mass is 1020 g/mol. The van der Waals surface area contributed by atoms with Crippen LogP contribution in [0.3, 0.4) is 0 Å². The maximum atomic E-state index is 13.4. The third kappa shape index (κ3) is 13.1. The molecule has 2 atom stereocenters. The standard InChI is InChI=1S/C33H34N6O6.C20H25ClN2O5/c1-3-42-32-34-28-15-9-14-27(31(40)43-21(2)44-33(41)45-24-10-5-4-6-11-24)29(28)39(32)20-22-16-18-23(19-17-22)25-12-7-8-13-26(25)30-35-37-38-36-30;1-4-28-20(25)18-15(11-27-10-9-22)23-12(2)16(19(24)26-3)17(18)13-7-5-6-8-14(13)21/h7-9,12-19,21,24H,3-6,10-11,20H2,1-2H3,(H,35,36,37,38);5-8,17,23H,4,9-11,22H2,1-3H3. The summed E-state index contributed by atoms with van der Waals surface area (Å²) in [6.07, 6.45) is 2.65. The van der Waals surface area contributed by atoms with Crippen molar-refractivity contribution >= 4 is 46.7 Å². The predicted molar refractivity (Wildman–Crippen MR) is 270 cm³/mol. The van der Waals surface area contributed by atoms with E-state index in [9.17, 15) is 19.2 Å². The first-order valence-electron chi connectivity index (χ1n) is 24.1. The van der Waals surface area contributed by atoms with E-state index in [-0.39, 0.29) is 30.5 Å². The molecule has 20 heteroatoms. The number of benzene rings is 4. The van der Waals surface area contributed by atoms with Crippen LogP contribution in [-0.2, 0) is 44.6 Å². The van der Waals surface area contributed by atoms with Gasteiger partial charge in [-0.15, -0.1) is 10.2 Å². The van der Waals surface area contributed by atoms with Gasteiger partial charge in [-0.3, -0.25) is 4.57 Å². The van der Waals surface area contributed by atoms with E-state index in [0.29, 0.717) is 76.7 Å². The molecule has 0 amide bonds. The number of esters is 3. The van der Waals surface area contributed by atoms with Crippen LogP contribution in [0.1, 0.15) is 87.2 Å². The minimum absolute atomic E-state index is 0.109. The van der Waals surface area contributed by atoms with Gasteiger partial charge in [-0.1, -0.05) is 90.8 Å². The van der Waals surface area contributed by atoms with Crippen LogP contribution in [0.25, 0.3) is 33.5 Å². The lowest BCUT2D eigenvalue weighted by atomic mass is 9.80. The van der Waals surface area contributed by atoms with Crippen LogP contribution >= 0.6 is 11.6 Å². The average Bonchev–Trinajstić information content (AvgIpc) is 4.06. The first kappa shape index (κ1) is 53.2. The minimum atomic E-state index is -1.14. The summed E-state index contributed by atoms with van der Waals surface area (Å²) in [5, 5.41) is 18.0. The molecule has 3 heterocycles. The number of nitrogens with one attached hydrogen (secondary N) is 2. The highest BCUT2D eigenvalue weighted by Gasteiger charge is 2.40. The van der Waals surface area contributed by atoms with E-state index >= 15 is 0 Å². The molecule has 1 aliphatic heterocycles. The SMILES string of the molecule is CCOC(=O)C1=C(COCCN)NC(C)=C(C(=O)OC)C1c1ccccc1Cl.CCOc1nc2cccc(C(=O)OC(C)OC(=O)OC3CCCCC3)c2n1Cc1ccc(-c2ccccc2-c2nn[nH]n2)cc1. The number of carbonyl (C=O) groups excluding carboxylic acids is 4.